The van der Waals surface area contributed by atoms with E-state index in [1.54, 1.807) is 12.1 Å². The molecule has 2 aliphatic rings. The van der Waals surface area contributed by atoms with Crippen LogP contribution in [0.4, 0.5) is 0 Å². The Balaban J connectivity index is 1.19. The number of rotatable bonds is 6. The van der Waals surface area contributed by atoms with E-state index >= 15 is 0 Å². The third-order valence-electron chi connectivity index (χ3n) is 5.49. The summed E-state index contributed by atoms with van der Waals surface area (Å²) in [5, 5.41) is 2.99. The van der Waals surface area contributed by atoms with Crippen LogP contribution in [0, 0.1) is 6.92 Å². The Kier molecular flexibility index (Phi) is 7.50. The molecule has 0 aliphatic carbocycles. The summed E-state index contributed by atoms with van der Waals surface area (Å²) in [4.78, 5) is 26.6. The molecule has 0 saturated carbocycles. The summed E-state index contributed by atoms with van der Waals surface area (Å²) < 4.78 is 11.6. The number of furan rings is 1. The minimum absolute atomic E-state index is 0.0195. The van der Waals surface area contributed by atoms with Crippen LogP contribution >= 0.6 is 23.5 Å². The highest BCUT2D eigenvalue weighted by Gasteiger charge is 2.25. The van der Waals surface area contributed by atoms with Gasteiger partial charge in [-0.2, -0.15) is 0 Å². The minimum Gasteiger partial charge on any atom is -0.484 e. The lowest BCUT2D eigenvalue weighted by atomic mass is 10.0. The summed E-state index contributed by atoms with van der Waals surface area (Å²) in [6, 6.07) is 11.6. The average Bonchev–Trinajstić information content (AvgIpc) is 3.25. The van der Waals surface area contributed by atoms with E-state index in [1.807, 2.05) is 47.5 Å². The molecule has 1 aromatic carbocycles. The monoisotopic (exact) mass is 460 g/mol. The standard InChI is InChI=1S/C23H28N2O4S2/c1-16-3-8-20(29-16)22(27)24-18-9-11-25(12-10-18)21(26)15-28-19-6-4-17(5-7-19)23-30-13-2-14-31-23/h3-8,18,23H,2,9-15H2,1H3,(H,24,27). The third-order valence-corrected chi connectivity index (χ3v) is 8.50. The van der Waals surface area contributed by atoms with Crippen LogP contribution in [-0.2, 0) is 4.79 Å². The van der Waals surface area contributed by atoms with Crippen LogP contribution in [-0.4, -0.2) is 54.0 Å². The fourth-order valence-corrected chi connectivity index (χ4v) is 6.62. The zero-order valence-electron chi connectivity index (χ0n) is 17.7. The quantitative estimate of drug-likeness (QED) is 0.695. The summed E-state index contributed by atoms with van der Waals surface area (Å²) in [5.41, 5.74) is 1.31. The lowest BCUT2D eigenvalue weighted by Crippen LogP contribution is -2.47. The molecule has 166 valence electrons. The van der Waals surface area contributed by atoms with Crippen molar-refractivity contribution in [2.75, 3.05) is 31.2 Å². The number of carbonyl (C=O) groups is 2. The number of nitrogens with one attached hydrogen (secondary N) is 1. The van der Waals surface area contributed by atoms with Crippen LogP contribution in [0.25, 0.3) is 0 Å². The Morgan fingerprint density at radius 2 is 1.81 bits per heavy atom. The molecule has 0 radical (unpaired) electrons. The molecule has 2 amide bonds. The lowest BCUT2D eigenvalue weighted by molar-refractivity contribution is -0.134. The fraction of sp³-hybridized carbons (Fsp3) is 0.478. The zero-order chi connectivity index (χ0) is 21.6. The molecule has 0 atom stereocenters. The second kappa shape index (κ2) is 10.5. The Morgan fingerprint density at radius 1 is 1.10 bits per heavy atom. The van der Waals surface area contributed by atoms with Gasteiger partial charge in [-0.3, -0.25) is 9.59 Å². The van der Waals surface area contributed by atoms with Gasteiger partial charge in [0.25, 0.3) is 11.8 Å². The van der Waals surface area contributed by atoms with Crippen LogP contribution < -0.4 is 10.1 Å². The van der Waals surface area contributed by atoms with Gasteiger partial charge in [0, 0.05) is 19.1 Å². The number of hydrogen-bond acceptors (Lipinski definition) is 6. The number of thioether (sulfide) groups is 2. The number of benzene rings is 1. The summed E-state index contributed by atoms with van der Waals surface area (Å²) in [6.45, 7) is 3.07. The first-order valence-electron chi connectivity index (χ1n) is 10.7. The number of ether oxygens (including phenoxy) is 1. The molecule has 2 fully saturated rings. The molecular weight excluding hydrogens is 432 g/mol. The number of piperidine rings is 1. The molecule has 2 aliphatic heterocycles. The first-order valence-corrected chi connectivity index (χ1v) is 12.8. The summed E-state index contributed by atoms with van der Waals surface area (Å²) in [7, 11) is 0. The summed E-state index contributed by atoms with van der Waals surface area (Å²) >= 11 is 3.99. The van der Waals surface area contributed by atoms with Gasteiger partial charge in [0.05, 0.1) is 4.58 Å². The van der Waals surface area contributed by atoms with Crippen LogP contribution in [0.2, 0.25) is 0 Å². The van der Waals surface area contributed by atoms with Crippen molar-refractivity contribution in [3.05, 3.63) is 53.5 Å². The van der Waals surface area contributed by atoms with Crippen molar-refractivity contribution in [1.82, 2.24) is 10.2 Å². The van der Waals surface area contributed by atoms with E-state index in [-0.39, 0.29) is 24.5 Å². The van der Waals surface area contributed by atoms with Crippen molar-refractivity contribution >= 4 is 35.3 Å². The van der Waals surface area contributed by atoms with E-state index < -0.39 is 0 Å². The molecule has 1 N–H and O–H groups in total. The summed E-state index contributed by atoms with van der Waals surface area (Å²) in [6.07, 6.45) is 2.73. The smallest absolute Gasteiger partial charge is 0.287 e. The fourth-order valence-electron chi connectivity index (χ4n) is 3.72. The highest BCUT2D eigenvalue weighted by Crippen LogP contribution is 2.43. The van der Waals surface area contributed by atoms with Gasteiger partial charge in [-0.25, -0.2) is 0 Å². The molecule has 1 aromatic heterocycles. The third kappa shape index (κ3) is 6.01. The van der Waals surface area contributed by atoms with E-state index in [9.17, 15) is 9.59 Å². The van der Waals surface area contributed by atoms with Gasteiger partial charge in [0.1, 0.15) is 11.5 Å². The first-order chi connectivity index (χ1) is 15.1. The van der Waals surface area contributed by atoms with Gasteiger partial charge >= 0.3 is 0 Å². The second-order valence-electron chi connectivity index (χ2n) is 7.82. The highest BCUT2D eigenvalue weighted by molar-refractivity contribution is 8.16. The second-order valence-corrected chi connectivity index (χ2v) is 10.5. The molecule has 31 heavy (non-hydrogen) atoms. The van der Waals surface area contributed by atoms with Gasteiger partial charge in [0.15, 0.2) is 12.4 Å². The van der Waals surface area contributed by atoms with E-state index in [4.69, 9.17) is 9.15 Å². The van der Waals surface area contributed by atoms with E-state index in [0.29, 0.717) is 29.2 Å². The molecule has 2 saturated heterocycles. The predicted octanol–water partition coefficient (Wildman–Crippen LogP) is 4.26. The highest BCUT2D eigenvalue weighted by atomic mass is 32.2. The van der Waals surface area contributed by atoms with Gasteiger partial charge in [-0.15, -0.1) is 23.5 Å². The normalized spacial score (nSPS) is 18.0. The molecule has 6 nitrogen and oxygen atoms in total. The van der Waals surface area contributed by atoms with Crippen LogP contribution in [0.1, 0.15) is 45.7 Å². The van der Waals surface area contributed by atoms with Crippen molar-refractivity contribution in [1.29, 1.82) is 0 Å². The number of nitrogens with zero attached hydrogens (tertiary/aromatic N) is 1. The van der Waals surface area contributed by atoms with Crippen LogP contribution in [0.5, 0.6) is 5.75 Å². The van der Waals surface area contributed by atoms with Crippen LogP contribution in [0.3, 0.4) is 0 Å². The number of likely N-dealkylation sites (tertiary alicyclic amines) is 1. The van der Waals surface area contributed by atoms with Crippen molar-refractivity contribution < 1.29 is 18.7 Å². The topological polar surface area (TPSA) is 71.8 Å². The average molecular weight is 461 g/mol. The molecule has 8 heteroatoms. The summed E-state index contributed by atoms with van der Waals surface area (Å²) in [5.74, 6) is 3.98. The van der Waals surface area contributed by atoms with Gasteiger partial charge in [-0.1, -0.05) is 12.1 Å². The Hall–Kier alpha value is -2.06. The number of hydrogen-bond donors (Lipinski definition) is 1. The van der Waals surface area contributed by atoms with Crippen molar-refractivity contribution in [2.45, 2.75) is 36.8 Å². The van der Waals surface area contributed by atoms with E-state index in [2.05, 4.69) is 17.4 Å². The predicted molar refractivity (Wildman–Crippen MR) is 125 cm³/mol. The first kappa shape index (κ1) is 22.1. The molecule has 3 heterocycles. The largest absolute Gasteiger partial charge is 0.484 e. The van der Waals surface area contributed by atoms with E-state index in [1.165, 1.54) is 23.5 Å². The lowest BCUT2D eigenvalue weighted by Gasteiger charge is -2.32. The zero-order valence-corrected chi connectivity index (χ0v) is 19.3. The number of amides is 2. The van der Waals surface area contributed by atoms with Crippen molar-refractivity contribution in [2.24, 2.45) is 0 Å². The Morgan fingerprint density at radius 3 is 2.45 bits per heavy atom. The maximum Gasteiger partial charge on any atom is 0.287 e. The molecular formula is C23H28N2O4S2. The SMILES string of the molecule is Cc1ccc(C(=O)NC2CCN(C(=O)COc3ccc(C4SCCCS4)cc3)CC2)o1. The molecule has 4 rings (SSSR count). The van der Waals surface area contributed by atoms with Crippen LogP contribution in [0.15, 0.2) is 40.8 Å². The molecule has 0 spiro atoms. The number of carbonyl (C=O) groups excluding carboxylic acids is 2. The maximum atomic E-state index is 12.5. The molecule has 0 unspecified atom stereocenters. The molecule has 2 aromatic rings. The van der Waals surface area contributed by atoms with Gasteiger partial charge in [0.2, 0.25) is 0 Å². The molecule has 0 bridgehead atoms. The maximum absolute atomic E-state index is 12.5. The van der Waals surface area contributed by atoms with Crippen molar-refractivity contribution in [3.8, 4) is 5.75 Å². The van der Waals surface area contributed by atoms with Crippen molar-refractivity contribution in [3.63, 3.8) is 0 Å². The minimum atomic E-state index is -0.199. The Bertz CT molecular complexity index is 885. The Labute approximate surface area is 191 Å². The van der Waals surface area contributed by atoms with Gasteiger partial charge in [-0.05, 0) is 67.5 Å². The number of aryl methyl sites for hydroxylation is 1. The van der Waals surface area contributed by atoms with Gasteiger partial charge < -0.3 is 19.4 Å². The van der Waals surface area contributed by atoms with E-state index in [0.717, 1.165) is 18.6 Å².